The number of benzene rings is 8. The van der Waals surface area contributed by atoms with Crippen molar-refractivity contribution in [2.24, 2.45) is 23.7 Å². The Kier molecular flexibility index (Phi) is 7.77. The molecule has 0 atom stereocenters. The van der Waals surface area contributed by atoms with Crippen LogP contribution in [0.25, 0.3) is 55.6 Å². The highest BCUT2D eigenvalue weighted by Crippen LogP contribution is 2.70. The molecule has 0 heterocycles. The van der Waals surface area contributed by atoms with Crippen LogP contribution in [0.15, 0.2) is 176 Å². The first-order valence-corrected chi connectivity index (χ1v) is 24.4. The van der Waals surface area contributed by atoms with E-state index in [9.17, 15) is 0 Å². The van der Waals surface area contributed by atoms with Crippen LogP contribution in [0.2, 0.25) is 0 Å². The van der Waals surface area contributed by atoms with Crippen LogP contribution >= 0.6 is 0 Å². The number of hydrogen-bond acceptors (Lipinski definition) is 1. The normalized spacial score (nSPS) is 23.7. The second-order valence-electron chi connectivity index (χ2n) is 21.7. The molecule has 4 bridgehead atoms. The van der Waals surface area contributed by atoms with Gasteiger partial charge in [-0.1, -0.05) is 155 Å². The highest BCUT2D eigenvalue weighted by atomic mass is 15.1. The lowest BCUT2D eigenvalue weighted by Gasteiger charge is -2.61. The van der Waals surface area contributed by atoms with E-state index >= 15 is 0 Å². The predicted octanol–water partition coefficient (Wildman–Crippen LogP) is 16.8. The van der Waals surface area contributed by atoms with E-state index in [0.29, 0.717) is 0 Å². The van der Waals surface area contributed by atoms with Gasteiger partial charge in [0.15, 0.2) is 0 Å². The highest BCUT2D eigenvalue weighted by molar-refractivity contribution is 5.91. The van der Waals surface area contributed by atoms with Crippen LogP contribution in [0, 0.1) is 23.7 Å². The zero-order chi connectivity index (χ0) is 43.4. The third-order valence-electron chi connectivity index (χ3n) is 17.9. The van der Waals surface area contributed by atoms with E-state index in [1.807, 2.05) is 0 Å². The van der Waals surface area contributed by atoms with Gasteiger partial charge in [-0.15, -0.1) is 0 Å². The molecule has 7 aliphatic rings. The van der Waals surface area contributed by atoms with Crippen LogP contribution in [0.3, 0.4) is 0 Å². The summed E-state index contributed by atoms with van der Waals surface area (Å²) < 4.78 is 0. The standard InChI is InChI=1S/C64H55N/c1-62(2)56-16-10-8-14-50(56)54-37-48(24-28-58(54)62)65(49-25-29-59-55(38-49)51-15-9-11-17-57(51)63(59,3)4)47-22-18-42(19-23-47)43-21-27-60-53(35-43)52-26-20-44(41-12-6-5-7-13-41)36-61(52)64(60)45-31-39-30-40(33-45)34-46(64)32-39/h5-29,35-40,45-46H,30-34H2,1-4H3. The van der Waals surface area contributed by atoms with Gasteiger partial charge in [0.05, 0.1) is 0 Å². The summed E-state index contributed by atoms with van der Waals surface area (Å²) in [7, 11) is 0. The Morgan fingerprint density at radius 3 is 1.35 bits per heavy atom. The van der Waals surface area contributed by atoms with Crippen molar-refractivity contribution in [1.82, 2.24) is 0 Å². The summed E-state index contributed by atoms with van der Waals surface area (Å²) >= 11 is 0. The Labute approximate surface area is 384 Å². The summed E-state index contributed by atoms with van der Waals surface area (Å²) in [5.74, 6) is 3.31. The van der Waals surface area contributed by atoms with Crippen LogP contribution in [-0.2, 0) is 16.2 Å². The Morgan fingerprint density at radius 2 is 0.754 bits per heavy atom. The number of rotatable bonds is 5. The van der Waals surface area contributed by atoms with Gasteiger partial charge in [0, 0.05) is 33.3 Å². The summed E-state index contributed by atoms with van der Waals surface area (Å²) in [6.07, 6.45) is 7.04. The fourth-order valence-electron chi connectivity index (χ4n) is 15.1. The lowest BCUT2D eigenvalue weighted by molar-refractivity contribution is -0.0399. The summed E-state index contributed by atoms with van der Waals surface area (Å²) in [4.78, 5) is 2.49. The molecule has 0 unspecified atom stereocenters. The maximum absolute atomic E-state index is 2.62. The smallest absolute Gasteiger partial charge is 0.0468 e. The molecule has 4 fully saturated rings. The average Bonchev–Trinajstić information content (AvgIpc) is 3.85. The highest BCUT2D eigenvalue weighted by Gasteiger charge is 2.61. The molecule has 0 aromatic heterocycles. The molecule has 0 radical (unpaired) electrons. The molecule has 316 valence electrons. The first-order valence-electron chi connectivity index (χ1n) is 24.4. The average molecular weight is 838 g/mol. The quantitative estimate of drug-likeness (QED) is 0.167. The molecule has 65 heavy (non-hydrogen) atoms. The fourth-order valence-corrected chi connectivity index (χ4v) is 15.1. The van der Waals surface area contributed by atoms with Crippen molar-refractivity contribution >= 4 is 17.1 Å². The summed E-state index contributed by atoms with van der Waals surface area (Å²) in [5, 5.41) is 0. The molecule has 1 heteroatoms. The zero-order valence-electron chi connectivity index (χ0n) is 38.0. The van der Waals surface area contributed by atoms with Crippen molar-refractivity contribution in [1.29, 1.82) is 0 Å². The van der Waals surface area contributed by atoms with Crippen molar-refractivity contribution in [2.45, 2.75) is 76.0 Å². The van der Waals surface area contributed by atoms with Gasteiger partial charge in [0.25, 0.3) is 0 Å². The molecular weight excluding hydrogens is 783 g/mol. The Bertz CT molecular complexity index is 3140. The molecule has 0 aliphatic heterocycles. The van der Waals surface area contributed by atoms with E-state index in [4.69, 9.17) is 0 Å². The first-order chi connectivity index (χ1) is 31.7. The molecule has 7 aliphatic carbocycles. The summed E-state index contributed by atoms with van der Waals surface area (Å²) in [6, 6.07) is 68.0. The van der Waals surface area contributed by atoms with Gasteiger partial charge in [-0.25, -0.2) is 0 Å². The van der Waals surface area contributed by atoms with E-state index in [1.165, 1.54) is 121 Å². The molecule has 0 N–H and O–H groups in total. The Balaban J connectivity index is 0.891. The van der Waals surface area contributed by atoms with Crippen LogP contribution in [0.5, 0.6) is 0 Å². The van der Waals surface area contributed by atoms with Gasteiger partial charge in [0.1, 0.15) is 0 Å². The van der Waals surface area contributed by atoms with Gasteiger partial charge in [-0.2, -0.15) is 0 Å². The molecule has 8 aromatic rings. The van der Waals surface area contributed by atoms with Gasteiger partial charge in [-0.05, 0) is 193 Å². The van der Waals surface area contributed by atoms with Crippen molar-refractivity contribution in [3.63, 3.8) is 0 Å². The minimum atomic E-state index is -0.0455. The van der Waals surface area contributed by atoms with Crippen LogP contribution in [0.1, 0.15) is 93.2 Å². The Morgan fingerprint density at radius 1 is 0.323 bits per heavy atom. The fraction of sp³-hybridized carbons (Fsp3) is 0.250. The van der Waals surface area contributed by atoms with E-state index in [1.54, 1.807) is 11.1 Å². The van der Waals surface area contributed by atoms with Gasteiger partial charge >= 0.3 is 0 Å². The maximum Gasteiger partial charge on any atom is 0.0468 e. The minimum absolute atomic E-state index is 0.0455. The van der Waals surface area contributed by atoms with Crippen molar-refractivity contribution < 1.29 is 0 Å². The molecule has 4 saturated carbocycles. The van der Waals surface area contributed by atoms with Crippen LogP contribution < -0.4 is 4.90 Å². The monoisotopic (exact) mass is 837 g/mol. The minimum Gasteiger partial charge on any atom is -0.310 e. The van der Waals surface area contributed by atoms with Crippen LogP contribution in [0.4, 0.5) is 17.1 Å². The van der Waals surface area contributed by atoms with E-state index < -0.39 is 0 Å². The molecule has 1 nitrogen and oxygen atoms in total. The SMILES string of the molecule is CC1(C)c2ccccc2-c2cc(N(c3ccc(-c4ccc5c(c4)-c4ccc(-c6ccccc6)cc4C54C5CC6CC(C5)CC4C6)cc3)c3ccc4c(c3)-c3ccccc3C4(C)C)ccc21. The molecule has 0 amide bonds. The van der Waals surface area contributed by atoms with Crippen LogP contribution in [-0.4, -0.2) is 0 Å². The number of nitrogens with zero attached hydrogens (tertiary/aromatic N) is 1. The number of fused-ring (bicyclic) bond motifs is 9. The Hall–Kier alpha value is -6.44. The van der Waals surface area contributed by atoms with Crippen molar-refractivity contribution in [3.05, 3.63) is 209 Å². The number of hydrogen-bond donors (Lipinski definition) is 0. The van der Waals surface area contributed by atoms with Gasteiger partial charge in [-0.3, -0.25) is 0 Å². The molecule has 1 spiro atoms. The van der Waals surface area contributed by atoms with Crippen molar-refractivity contribution in [2.75, 3.05) is 4.90 Å². The third kappa shape index (κ3) is 5.16. The van der Waals surface area contributed by atoms with E-state index in [0.717, 1.165) is 29.4 Å². The van der Waals surface area contributed by atoms with E-state index in [2.05, 4.69) is 209 Å². The number of anilines is 3. The largest absolute Gasteiger partial charge is 0.310 e. The molecule has 0 saturated heterocycles. The topological polar surface area (TPSA) is 3.24 Å². The predicted molar refractivity (Wildman–Crippen MR) is 270 cm³/mol. The second-order valence-corrected chi connectivity index (χ2v) is 21.7. The summed E-state index contributed by atoms with van der Waals surface area (Å²) in [6.45, 7) is 9.48. The lowest BCUT2D eigenvalue weighted by atomic mass is 9.43. The van der Waals surface area contributed by atoms with Crippen molar-refractivity contribution in [3.8, 4) is 55.6 Å². The van der Waals surface area contributed by atoms with Gasteiger partial charge < -0.3 is 4.90 Å². The third-order valence-corrected chi connectivity index (χ3v) is 17.9. The molecule has 15 rings (SSSR count). The van der Waals surface area contributed by atoms with Gasteiger partial charge in [0.2, 0.25) is 0 Å². The molecule has 8 aromatic carbocycles. The summed E-state index contributed by atoms with van der Waals surface area (Å²) in [5.41, 5.74) is 25.9. The lowest BCUT2D eigenvalue weighted by Crippen LogP contribution is -2.55. The maximum atomic E-state index is 2.62. The first kappa shape index (κ1) is 37.9. The second kappa shape index (κ2) is 13.3. The molecular formula is C64H55N. The zero-order valence-corrected chi connectivity index (χ0v) is 38.0. The van der Waals surface area contributed by atoms with E-state index in [-0.39, 0.29) is 16.2 Å².